The molecule has 2 saturated heterocycles. The van der Waals surface area contributed by atoms with Crippen molar-refractivity contribution in [2.45, 2.75) is 65.1 Å². The molecule has 6 rings (SSSR count). The number of amides is 2. The van der Waals surface area contributed by atoms with Crippen molar-refractivity contribution in [3.8, 4) is 11.1 Å². The van der Waals surface area contributed by atoms with E-state index >= 15 is 0 Å². The van der Waals surface area contributed by atoms with E-state index in [1.54, 1.807) is 30.6 Å². The number of hydrogen-bond donors (Lipinski definition) is 3. The molecule has 0 saturated carbocycles. The molecule has 0 spiro atoms. The summed E-state index contributed by atoms with van der Waals surface area (Å²) in [5, 5.41) is 15.9. The highest BCUT2D eigenvalue weighted by Crippen LogP contribution is 2.37. The molecular formula is C38H41ClN6O4. The van der Waals surface area contributed by atoms with E-state index in [1.165, 1.54) is 12.8 Å². The molecule has 0 bridgehead atoms. The van der Waals surface area contributed by atoms with Crippen molar-refractivity contribution in [2.24, 2.45) is 0 Å². The van der Waals surface area contributed by atoms with Gasteiger partial charge in [0.25, 0.3) is 11.8 Å². The molecule has 2 aromatic heterocycles. The molecule has 49 heavy (non-hydrogen) atoms. The van der Waals surface area contributed by atoms with Crippen LogP contribution in [-0.4, -0.2) is 68.3 Å². The number of anilines is 2. The van der Waals surface area contributed by atoms with Crippen molar-refractivity contribution in [2.75, 3.05) is 30.3 Å². The summed E-state index contributed by atoms with van der Waals surface area (Å²) in [4.78, 5) is 51.4. The second-order valence-corrected chi connectivity index (χ2v) is 13.3. The number of carboxylic acid groups (broad SMARTS) is 1. The van der Waals surface area contributed by atoms with Crippen LogP contribution in [0.25, 0.3) is 11.1 Å². The third-order valence-corrected chi connectivity index (χ3v) is 9.91. The minimum atomic E-state index is -0.803. The van der Waals surface area contributed by atoms with E-state index in [9.17, 15) is 19.5 Å². The molecule has 3 N–H and O–H groups in total. The van der Waals surface area contributed by atoms with E-state index < -0.39 is 12.0 Å². The van der Waals surface area contributed by atoms with Crippen molar-refractivity contribution in [3.05, 3.63) is 106 Å². The summed E-state index contributed by atoms with van der Waals surface area (Å²) >= 11 is 6.88. The van der Waals surface area contributed by atoms with E-state index in [1.807, 2.05) is 55.1 Å². The second-order valence-electron chi connectivity index (χ2n) is 12.9. The number of likely N-dealkylation sites (tertiary alicyclic amines) is 2. The Labute approximate surface area is 291 Å². The van der Waals surface area contributed by atoms with E-state index in [0.29, 0.717) is 40.6 Å². The van der Waals surface area contributed by atoms with Gasteiger partial charge in [-0.05, 0) is 111 Å². The summed E-state index contributed by atoms with van der Waals surface area (Å²) in [6.45, 7) is 8.02. The Kier molecular flexibility index (Phi) is 10.7. The number of carbonyl (C=O) groups is 3. The molecule has 2 aliphatic rings. The molecule has 4 aromatic rings. The number of rotatable bonds is 10. The minimum Gasteiger partial charge on any atom is -0.480 e. The lowest BCUT2D eigenvalue weighted by atomic mass is 9.98. The predicted octanol–water partition coefficient (Wildman–Crippen LogP) is 6.95. The highest BCUT2D eigenvalue weighted by Gasteiger charge is 2.29. The first-order valence-corrected chi connectivity index (χ1v) is 17.2. The number of pyridine rings is 2. The zero-order valence-corrected chi connectivity index (χ0v) is 28.6. The average Bonchev–Trinajstić information content (AvgIpc) is 3.61. The monoisotopic (exact) mass is 680 g/mol. The number of nitrogens with zero attached hydrogens (tertiary/aromatic N) is 4. The molecule has 1 atom stereocenters. The molecule has 2 aliphatic heterocycles. The first kappa shape index (κ1) is 34.2. The van der Waals surface area contributed by atoms with Crippen LogP contribution in [0.4, 0.5) is 11.4 Å². The minimum absolute atomic E-state index is 0.264. The van der Waals surface area contributed by atoms with Gasteiger partial charge in [-0.3, -0.25) is 34.2 Å². The van der Waals surface area contributed by atoms with Crippen LogP contribution in [0.2, 0.25) is 5.02 Å². The maximum atomic E-state index is 13.3. The molecule has 4 heterocycles. The fourth-order valence-electron chi connectivity index (χ4n) is 6.68. The summed E-state index contributed by atoms with van der Waals surface area (Å²) < 4.78 is 0. The summed E-state index contributed by atoms with van der Waals surface area (Å²) in [7, 11) is 0. The van der Waals surface area contributed by atoms with Crippen molar-refractivity contribution in [1.29, 1.82) is 0 Å². The molecule has 2 amide bonds. The number of aryl methyl sites for hydroxylation is 1. The van der Waals surface area contributed by atoms with Crippen LogP contribution in [0.1, 0.15) is 75.3 Å². The zero-order valence-electron chi connectivity index (χ0n) is 27.8. The van der Waals surface area contributed by atoms with Gasteiger partial charge in [0.2, 0.25) is 0 Å². The number of aliphatic carboxylic acids is 1. The number of halogens is 1. The maximum absolute atomic E-state index is 13.3. The Morgan fingerprint density at radius 1 is 0.816 bits per heavy atom. The van der Waals surface area contributed by atoms with Crippen LogP contribution in [0.5, 0.6) is 0 Å². The van der Waals surface area contributed by atoms with Gasteiger partial charge in [-0.1, -0.05) is 48.4 Å². The highest BCUT2D eigenvalue weighted by molar-refractivity contribution is 6.36. The van der Waals surface area contributed by atoms with Gasteiger partial charge >= 0.3 is 5.97 Å². The van der Waals surface area contributed by atoms with Crippen molar-refractivity contribution in [3.63, 3.8) is 0 Å². The summed E-state index contributed by atoms with van der Waals surface area (Å²) in [5.74, 6) is -1.51. The van der Waals surface area contributed by atoms with Crippen molar-refractivity contribution < 1.29 is 19.5 Å². The largest absolute Gasteiger partial charge is 0.480 e. The Morgan fingerprint density at radius 3 is 2.20 bits per heavy atom. The number of carboxylic acids is 1. The molecule has 2 fully saturated rings. The first-order valence-electron chi connectivity index (χ1n) is 16.8. The maximum Gasteiger partial charge on any atom is 0.320 e. The van der Waals surface area contributed by atoms with Crippen LogP contribution in [0.15, 0.2) is 67.0 Å². The lowest BCUT2D eigenvalue weighted by molar-refractivity contribution is -0.144. The van der Waals surface area contributed by atoms with Crippen LogP contribution in [0, 0.1) is 13.8 Å². The normalized spacial score (nSPS) is 16.8. The topological polar surface area (TPSA) is 128 Å². The van der Waals surface area contributed by atoms with Gasteiger partial charge in [-0.25, -0.2) is 0 Å². The molecule has 11 heteroatoms. The van der Waals surface area contributed by atoms with Crippen LogP contribution >= 0.6 is 11.6 Å². The van der Waals surface area contributed by atoms with Crippen LogP contribution in [0.3, 0.4) is 0 Å². The van der Waals surface area contributed by atoms with Gasteiger partial charge in [-0.2, -0.15) is 0 Å². The Bertz CT molecular complexity index is 1860. The Hall–Kier alpha value is -4.64. The Balaban J connectivity index is 1.14. The summed E-state index contributed by atoms with van der Waals surface area (Å²) in [5.41, 5.74) is 6.79. The van der Waals surface area contributed by atoms with Gasteiger partial charge in [-0.15, -0.1) is 0 Å². The molecular weight excluding hydrogens is 640 g/mol. The fourth-order valence-corrected chi connectivity index (χ4v) is 6.95. The van der Waals surface area contributed by atoms with E-state index in [-0.39, 0.29) is 17.5 Å². The van der Waals surface area contributed by atoms with Crippen molar-refractivity contribution >= 4 is 40.8 Å². The van der Waals surface area contributed by atoms with E-state index in [4.69, 9.17) is 11.6 Å². The molecule has 254 valence electrons. The fraction of sp³-hybridized carbons (Fsp3) is 0.342. The average molecular weight is 681 g/mol. The number of carbonyl (C=O) groups excluding carboxylic acids is 2. The number of piperidine rings is 1. The SMILES string of the molecule is Cc1cc(C(=O)Nc2cccc(-c3cccc(NC(=O)c4ccc(CN5CCCC5)cn4)c3Cl)c2C)ncc1CN1CCCCC1C(=O)O. The number of benzene rings is 2. The lowest BCUT2D eigenvalue weighted by Crippen LogP contribution is -2.44. The van der Waals surface area contributed by atoms with E-state index in [2.05, 4.69) is 25.5 Å². The standard InChI is InChI=1S/C38H41ClN6O4/c1-24-19-33(41-21-27(24)23-45-18-4-3-13-34(45)38(48)49)37(47)42-30-11-7-9-28(25(30)2)29-10-8-12-31(35(29)39)43-36(46)32-15-14-26(20-40-32)22-44-16-5-6-17-44/h7-12,14-15,19-21,34H,3-6,13,16-18,22-23H2,1-2H3,(H,42,47)(H,43,46)(H,48,49). The molecule has 0 aliphatic carbocycles. The molecule has 10 nitrogen and oxygen atoms in total. The predicted molar refractivity (Wildman–Crippen MR) is 191 cm³/mol. The number of nitrogens with one attached hydrogen (secondary N) is 2. The molecule has 1 unspecified atom stereocenters. The highest BCUT2D eigenvalue weighted by atomic mass is 35.5. The summed E-state index contributed by atoms with van der Waals surface area (Å²) in [6.07, 6.45) is 8.36. The lowest BCUT2D eigenvalue weighted by Gasteiger charge is -2.33. The van der Waals surface area contributed by atoms with Crippen LogP contribution < -0.4 is 10.6 Å². The van der Waals surface area contributed by atoms with Gasteiger partial charge in [0.1, 0.15) is 17.4 Å². The van der Waals surface area contributed by atoms with Gasteiger partial charge in [0.15, 0.2) is 0 Å². The number of hydrogen-bond acceptors (Lipinski definition) is 7. The van der Waals surface area contributed by atoms with Crippen molar-refractivity contribution in [1.82, 2.24) is 19.8 Å². The Morgan fingerprint density at radius 2 is 1.49 bits per heavy atom. The summed E-state index contributed by atoms with van der Waals surface area (Å²) in [6, 6.07) is 15.9. The van der Waals surface area contributed by atoms with E-state index in [0.717, 1.165) is 66.8 Å². The van der Waals surface area contributed by atoms with Gasteiger partial charge < -0.3 is 15.7 Å². The third kappa shape index (κ3) is 7.99. The quantitative estimate of drug-likeness (QED) is 0.164. The first-order chi connectivity index (χ1) is 23.7. The van der Waals surface area contributed by atoms with Gasteiger partial charge in [0.05, 0.1) is 10.7 Å². The second kappa shape index (κ2) is 15.3. The number of aromatic nitrogens is 2. The van der Waals surface area contributed by atoms with Crippen LogP contribution in [-0.2, 0) is 17.9 Å². The zero-order chi connectivity index (χ0) is 34.5. The third-order valence-electron chi connectivity index (χ3n) is 9.51. The van der Waals surface area contributed by atoms with Gasteiger partial charge in [0, 0.05) is 36.7 Å². The smallest absolute Gasteiger partial charge is 0.320 e. The molecule has 0 radical (unpaired) electrons. The molecule has 2 aromatic carbocycles.